The van der Waals surface area contributed by atoms with Crippen molar-refractivity contribution in [2.45, 2.75) is 39.5 Å². The summed E-state index contributed by atoms with van der Waals surface area (Å²) >= 11 is 0. The summed E-state index contributed by atoms with van der Waals surface area (Å²) in [5, 5.41) is 10.6. The summed E-state index contributed by atoms with van der Waals surface area (Å²) in [6.07, 6.45) is 7.57. The van der Waals surface area contributed by atoms with E-state index in [1.165, 1.54) is 19.3 Å². The number of nitrogens with one attached hydrogen (secondary N) is 3. The number of carbonyl (C=O) groups is 1. The van der Waals surface area contributed by atoms with Gasteiger partial charge in [-0.05, 0) is 55.5 Å². The van der Waals surface area contributed by atoms with Crippen molar-refractivity contribution < 1.29 is 4.79 Å². The van der Waals surface area contributed by atoms with Gasteiger partial charge in [0.1, 0.15) is 11.0 Å². The van der Waals surface area contributed by atoms with Gasteiger partial charge in [0.05, 0.1) is 34.3 Å². The molecule has 1 aromatic carbocycles. The molecule has 9 heteroatoms. The highest BCUT2D eigenvalue weighted by Crippen LogP contribution is 2.32. The Bertz CT molecular complexity index is 1580. The highest BCUT2D eigenvalue weighted by molar-refractivity contribution is 5.95. The van der Waals surface area contributed by atoms with Crippen molar-refractivity contribution in [2.75, 3.05) is 23.3 Å². The Morgan fingerprint density at radius 2 is 1.89 bits per heavy atom. The molecule has 4 aromatic heterocycles. The van der Waals surface area contributed by atoms with E-state index in [1.54, 1.807) is 12.4 Å². The third-order valence-electron chi connectivity index (χ3n) is 6.73. The molecule has 0 bridgehead atoms. The van der Waals surface area contributed by atoms with Gasteiger partial charge in [-0.2, -0.15) is 5.10 Å². The number of H-pyrrole nitrogens is 2. The van der Waals surface area contributed by atoms with Gasteiger partial charge in [-0.25, -0.2) is 9.97 Å². The number of hydrogen-bond donors (Lipinski definition) is 3. The number of aromatic nitrogens is 6. The van der Waals surface area contributed by atoms with Crippen LogP contribution >= 0.6 is 0 Å². The molecule has 0 unspecified atom stereocenters. The van der Waals surface area contributed by atoms with Crippen molar-refractivity contribution in [1.29, 1.82) is 0 Å². The van der Waals surface area contributed by atoms with E-state index < -0.39 is 0 Å². The van der Waals surface area contributed by atoms with Gasteiger partial charge in [0.15, 0.2) is 11.5 Å². The number of pyridine rings is 2. The summed E-state index contributed by atoms with van der Waals surface area (Å²) in [5.74, 6) is 0.945. The van der Waals surface area contributed by atoms with Crippen LogP contribution in [-0.4, -0.2) is 49.1 Å². The molecule has 0 radical (unpaired) electrons. The van der Waals surface area contributed by atoms with E-state index in [9.17, 15) is 4.79 Å². The van der Waals surface area contributed by atoms with Crippen LogP contribution in [0.2, 0.25) is 0 Å². The molecule has 1 aliphatic rings. The average molecular weight is 495 g/mol. The molecule has 5 heterocycles. The lowest BCUT2D eigenvalue weighted by atomic mass is 10.1. The van der Waals surface area contributed by atoms with E-state index in [0.717, 1.165) is 52.1 Å². The Hall–Kier alpha value is -4.27. The van der Waals surface area contributed by atoms with Crippen LogP contribution in [0.3, 0.4) is 0 Å². The second kappa shape index (κ2) is 9.65. The standard InChI is InChI=1S/C28H30N8O/c1-17(2)13-24(37)30-19-14-18(15-29-16-19)20-9-10-22-26(31-20)27(35-34-22)28-32-21-7-6-8-23(25(21)33-28)36-11-4-3-5-12-36/h6-10,14-17H,3-5,11-13H2,1-2H3,(H,30,37)(H,32,33)(H,34,35). The number of fused-ring (bicyclic) bond motifs is 2. The fourth-order valence-electron chi connectivity index (χ4n) is 4.98. The highest BCUT2D eigenvalue weighted by Gasteiger charge is 2.19. The first-order valence-electron chi connectivity index (χ1n) is 12.9. The van der Waals surface area contributed by atoms with Crippen LogP contribution in [0, 0.1) is 5.92 Å². The smallest absolute Gasteiger partial charge is 0.224 e. The van der Waals surface area contributed by atoms with Gasteiger partial charge in [-0.1, -0.05) is 19.9 Å². The summed E-state index contributed by atoms with van der Waals surface area (Å²) < 4.78 is 0. The van der Waals surface area contributed by atoms with Crippen molar-refractivity contribution in [3.63, 3.8) is 0 Å². The quantitative estimate of drug-likeness (QED) is 0.286. The van der Waals surface area contributed by atoms with Crippen LogP contribution in [0.25, 0.3) is 44.8 Å². The largest absolute Gasteiger partial charge is 0.370 e. The Kier molecular flexibility index (Phi) is 6.04. The summed E-state index contributed by atoms with van der Waals surface area (Å²) in [5.41, 5.74) is 7.54. The lowest BCUT2D eigenvalue weighted by molar-refractivity contribution is -0.116. The molecule has 0 spiro atoms. The minimum absolute atomic E-state index is 0.0247. The number of anilines is 2. The molecule has 0 aliphatic carbocycles. The number of benzene rings is 1. The number of carbonyl (C=O) groups excluding carboxylic acids is 1. The van der Waals surface area contributed by atoms with E-state index in [-0.39, 0.29) is 11.8 Å². The zero-order valence-corrected chi connectivity index (χ0v) is 21.1. The molecule has 37 heavy (non-hydrogen) atoms. The van der Waals surface area contributed by atoms with E-state index in [2.05, 4.69) is 48.6 Å². The minimum atomic E-state index is -0.0247. The van der Waals surface area contributed by atoms with Crippen molar-refractivity contribution in [2.24, 2.45) is 5.92 Å². The van der Waals surface area contributed by atoms with Crippen molar-refractivity contribution >= 4 is 39.3 Å². The number of rotatable bonds is 6. The van der Waals surface area contributed by atoms with Gasteiger partial charge in [0.2, 0.25) is 5.91 Å². The molecule has 1 aliphatic heterocycles. The van der Waals surface area contributed by atoms with Crippen LogP contribution < -0.4 is 10.2 Å². The number of nitrogens with zero attached hydrogens (tertiary/aromatic N) is 5. The maximum atomic E-state index is 12.2. The van der Waals surface area contributed by atoms with Crippen LogP contribution in [0.5, 0.6) is 0 Å². The monoisotopic (exact) mass is 494 g/mol. The second-order valence-corrected chi connectivity index (χ2v) is 10.1. The molecule has 1 fully saturated rings. The molecule has 1 saturated heterocycles. The fourth-order valence-corrected chi connectivity index (χ4v) is 4.98. The number of hydrogen-bond acceptors (Lipinski definition) is 6. The molecule has 0 atom stereocenters. The van der Waals surface area contributed by atoms with Crippen molar-refractivity contribution in [1.82, 2.24) is 30.1 Å². The SMILES string of the molecule is CC(C)CC(=O)Nc1cncc(-c2ccc3[nH]nc(-c4nc5c(N6CCCCC6)cccc5[nH]4)c3n2)c1. The van der Waals surface area contributed by atoms with Gasteiger partial charge < -0.3 is 15.2 Å². The van der Waals surface area contributed by atoms with Crippen LogP contribution in [-0.2, 0) is 4.79 Å². The average Bonchev–Trinajstić information content (AvgIpc) is 3.52. The molecule has 3 N–H and O–H groups in total. The number of imidazole rings is 1. The van der Waals surface area contributed by atoms with Gasteiger partial charge in [0.25, 0.3) is 0 Å². The van der Waals surface area contributed by atoms with Gasteiger partial charge in [-0.15, -0.1) is 0 Å². The molecule has 9 nitrogen and oxygen atoms in total. The van der Waals surface area contributed by atoms with Crippen molar-refractivity contribution in [3.05, 3.63) is 48.8 Å². The Morgan fingerprint density at radius 3 is 2.73 bits per heavy atom. The topological polar surface area (TPSA) is 115 Å². The van der Waals surface area contributed by atoms with E-state index in [0.29, 0.717) is 23.6 Å². The summed E-state index contributed by atoms with van der Waals surface area (Å²) in [6, 6.07) is 12.1. The number of para-hydroxylation sites is 1. The lowest BCUT2D eigenvalue weighted by Gasteiger charge is -2.28. The number of piperidine rings is 1. The van der Waals surface area contributed by atoms with Crippen LogP contribution in [0.4, 0.5) is 11.4 Å². The Morgan fingerprint density at radius 1 is 1.03 bits per heavy atom. The predicted octanol–water partition coefficient (Wildman–Crippen LogP) is 5.54. The van der Waals surface area contributed by atoms with E-state index in [4.69, 9.17) is 9.97 Å². The minimum Gasteiger partial charge on any atom is -0.370 e. The second-order valence-electron chi connectivity index (χ2n) is 10.1. The van der Waals surface area contributed by atoms with Gasteiger partial charge in [-0.3, -0.25) is 14.9 Å². The summed E-state index contributed by atoms with van der Waals surface area (Å²) in [6.45, 7) is 6.16. The van der Waals surface area contributed by atoms with Gasteiger partial charge in [0, 0.05) is 31.3 Å². The van der Waals surface area contributed by atoms with E-state index >= 15 is 0 Å². The van der Waals surface area contributed by atoms with Crippen LogP contribution in [0.1, 0.15) is 39.5 Å². The van der Waals surface area contributed by atoms with Crippen LogP contribution in [0.15, 0.2) is 48.8 Å². The third-order valence-corrected chi connectivity index (χ3v) is 6.73. The first-order valence-corrected chi connectivity index (χ1v) is 12.9. The zero-order valence-electron chi connectivity index (χ0n) is 21.1. The molecular weight excluding hydrogens is 464 g/mol. The molecule has 0 saturated carbocycles. The zero-order chi connectivity index (χ0) is 25.4. The normalized spacial score (nSPS) is 14.1. The molecule has 1 amide bonds. The first-order chi connectivity index (χ1) is 18.0. The fraction of sp³-hybridized carbons (Fsp3) is 0.321. The maximum absolute atomic E-state index is 12.2. The maximum Gasteiger partial charge on any atom is 0.224 e. The predicted molar refractivity (Wildman–Crippen MR) is 146 cm³/mol. The molecule has 5 aromatic rings. The van der Waals surface area contributed by atoms with E-state index in [1.807, 2.05) is 32.0 Å². The van der Waals surface area contributed by atoms with Crippen molar-refractivity contribution in [3.8, 4) is 22.8 Å². The highest BCUT2D eigenvalue weighted by atomic mass is 16.1. The third kappa shape index (κ3) is 4.64. The van der Waals surface area contributed by atoms with Gasteiger partial charge >= 0.3 is 0 Å². The number of amides is 1. The lowest BCUT2D eigenvalue weighted by Crippen LogP contribution is -2.29. The molecule has 6 rings (SSSR count). The Balaban J connectivity index is 1.35. The number of aromatic amines is 2. The first kappa shape index (κ1) is 23.1. The summed E-state index contributed by atoms with van der Waals surface area (Å²) in [4.78, 5) is 32.3. The summed E-state index contributed by atoms with van der Waals surface area (Å²) in [7, 11) is 0. The molecule has 188 valence electrons. The molecular formula is C28H30N8O. The Labute approximate surface area is 214 Å².